The summed E-state index contributed by atoms with van der Waals surface area (Å²) >= 11 is 0. The molecule has 0 aromatic carbocycles. The lowest BCUT2D eigenvalue weighted by molar-refractivity contribution is -0.121. The van der Waals surface area contributed by atoms with E-state index in [0.29, 0.717) is 12.8 Å². The molecule has 2 aliphatic rings. The molecule has 2 nitrogen and oxygen atoms in total. The second-order valence-corrected chi connectivity index (χ2v) is 3.51. The molecule has 0 aromatic heterocycles. The van der Waals surface area contributed by atoms with E-state index in [4.69, 9.17) is 0 Å². The first-order valence-corrected chi connectivity index (χ1v) is 4.97. The van der Waals surface area contributed by atoms with Crippen LogP contribution in [0.5, 0.6) is 0 Å². The Balaban J connectivity index is 0.000000132. The van der Waals surface area contributed by atoms with Crippen molar-refractivity contribution in [2.45, 2.75) is 44.9 Å². The van der Waals surface area contributed by atoms with Crippen LogP contribution in [0.3, 0.4) is 0 Å². The molecule has 1 fully saturated rings. The molecule has 0 saturated heterocycles. The van der Waals surface area contributed by atoms with Crippen molar-refractivity contribution in [3.05, 3.63) is 12.2 Å². The number of hydrogen-bond donors (Lipinski definition) is 0. The van der Waals surface area contributed by atoms with Gasteiger partial charge in [0.15, 0.2) is 0 Å². The number of allylic oxidation sites excluding steroid dienone is 2. The summed E-state index contributed by atoms with van der Waals surface area (Å²) in [6, 6.07) is 0. The number of Topliss-reactive ketones (excluding diaryl/α,β-unsaturated/α-hetero) is 2. The van der Waals surface area contributed by atoms with Crippen LogP contribution in [0.1, 0.15) is 44.9 Å². The van der Waals surface area contributed by atoms with Crippen LogP contribution in [-0.2, 0) is 9.59 Å². The van der Waals surface area contributed by atoms with E-state index in [1.54, 1.807) is 0 Å². The molecule has 0 bridgehead atoms. The van der Waals surface area contributed by atoms with Crippen LogP contribution >= 0.6 is 0 Å². The summed E-state index contributed by atoms with van der Waals surface area (Å²) in [4.78, 5) is 20.5. The van der Waals surface area contributed by atoms with Gasteiger partial charge in [0.25, 0.3) is 0 Å². The first kappa shape index (κ1) is 10.2. The largest absolute Gasteiger partial charge is 0.299 e. The van der Waals surface area contributed by atoms with E-state index < -0.39 is 0 Å². The van der Waals surface area contributed by atoms with Crippen molar-refractivity contribution in [1.82, 2.24) is 0 Å². The third kappa shape index (κ3) is 4.61. The molecule has 0 radical (unpaired) electrons. The van der Waals surface area contributed by atoms with Crippen molar-refractivity contribution >= 4 is 11.6 Å². The smallest absolute Gasteiger partial charge is 0.140 e. The van der Waals surface area contributed by atoms with E-state index in [2.05, 4.69) is 12.2 Å². The summed E-state index contributed by atoms with van der Waals surface area (Å²) in [5, 5.41) is 0. The number of rotatable bonds is 0. The highest BCUT2D eigenvalue weighted by atomic mass is 16.2. The lowest BCUT2D eigenvalue weighted by Gasteiger charge is -1.97. The van der Waals surface area contributed by atoms with Gasteiger partial charge in [-0.05, 0) is 25.7 Å². The fourth-order valence-electron chi connectivity index (χ4n) is 1.44. The summed E-state index contributed by atoms with van der Waals surface area (Å²) in [6.07, 6.45) is 11.2. The summed E-state index contributed by atoms with van der Waals surface area (Å²) in [7, 11) is 0. The summed E-state index contributed by atoms with van der Waals surface area (Å²) < 4.78 is 0. The molecule has 13 heavy (non-hydrogen) atoms. The van der Waals surface area contributed by atoms with Gasteiger partial charge < -0.3 is 0 Å². The molecule has 72 valence electrons. The molecule has 1 saturated carbocycles. The highest BCUT2D eigenvalue weighted by molar-refractivity contribution is 6.05. The minimum atomic E-state index is 0.102. The highest BCUT2D eigenvalue weighted by Crippen LogP contribution is 2.08. The van der Waals surface area contributed by atoms with Gasteiger partial charge >= 0.3 is 0 Å². The fourth-order valence-corrected chi connectivity index (χ4v) is 1.44. The predicted octanol–water partition coefficient (Wildman–Crippen LogP) is 2.43. The van der Waals surface area contributed by atoms with Crippen molar-refractivity contribution in [3.63, 3.8) is 0 Å². The van der Waals surface area contributed by atoms with Crippen molar-refractivity contribution in [2.24, 2.45) is 0 Å². The number of hydrogen-bond acceptors (Lipinski definition) is 2. The van der Waals surface area contributed by atoms with Gasteiger partial charge in [-0.25, -0.2) is 0 Å². The van der Waals surface area contributed by atoms with E-state index in [0.717, 1.165) is 0 Å². The first-order valence-electron chi connectivity index (χ1n) is 4.97. The lowest BCUT2D eigenvalue weighted by atomic mass is 10.1. The Hall–Kier alpha value is -0.920. The van der Waals surface area contributed by atoms with Gasteiger partial charge in [0.2, 0.25) is 0 Å². The van der Waals surface area contributed by atoms with E-state index in [1.165, 1.54) is 25.7 Å². The van der Waals surface area contributed by atoms with Crippen LogP contribution in [0, 0.1) is 0 Å². The van der Waals surface area contributed by atoms with E-state index >= 15 is 0 Å². The molecule has 0 amide bonds. The molecule has 2 rings (SSSR count). The maximum atomic E-state index is 10.2. The maximum Gasteiger partial charge on any atom is 0.140 e. The molecule has 0 spiro atoms. The predicted molar refractivity (Wildman–Crippen MR) is 51.5 cm³/mol. The van der Waals surface area contributed by atoms with Crippen molar-refractivity contribution in [2.75, 3.05) is 0 Å². The molecule has 0 atom stereocenters. The van der Waals surface area contributed by atoms with Gasteiger partial charge in [-0.15, -0.1) is 0 Å². The zero-order valence-electron chi connectivity index (χ0n) is 7.92. The van der Waals surface area contributed by atoms with Crippen LogP contribution in [0.25, 0.3) is 0 Å². The molecule has 0 N–H and O–H groups in total. The van der Waals surface area contributed by atoms with Crippen LogP contribution in [0.2, 0.25) is 0 Å². The third-order valence-corrected chi connectivity index (χ3v) is 2.24. The second kappa shape index (κ2) is 5.68. The Bertz CT molecular complexity index is 194. The number of ketones is 2. The Labute approximate surface area is 79.0 Å². The van der Waals surface area contributed by atoms with Gasteiger partial charge in [0.05, 0.1) is 6.42 Å². The minimum absolute atomic E-state index is 0.102. The molecule has 2 aliphatic carbocycles. The molecule has 0 aromatic rings. The average Bonchev–Trinajstić information content (AvgIpc) is 2.54. The number of carbonyl (C=O) groups excluding carboxylic acids is 2. The standard InChI is InChI=1S/C6H10.C5H6O2/c1-2-4-6-5-3-1;6-4-1-2-5(7)3-4/h1-2H,3-6H2;1-3H2. The Morgan fingerprint density at radius 1 is 0.846 bits per heavy atom. The van der Waals surface area contributed by atoms with Crippen LogP contribution in [0.15, 0.2) is 12.2 Å². The zero-order chi connectivity index (χ0) is 9.52. The van der Waals surface area contributed by atoms with Crippen molar-refractivity contribution < 1.29 is 9.59 Å². The fraction of sp³-hybridized carbons (Fsp3) is 0.636. The van der Waals surface area contributed by atoms with Gasteiger partial charge in [-0.3, -0.25) is 9.59 Å². The van der Waals surface area contributed by atoms with Crippen LogP contribution in [-0.4, -0.2) is 11.6 Å². The maximum absolute atomic E-state index is 10.2. The van der Waals surface area contributed by atoms with E-state index in [1.807, 2.05) is 0 Å². The van der Waals surface area contributed by atoms with Crippen molar-refractivity contribution in [3.8, 4) is 0 Å². The van der Waals surface area contributed by atoms with E-state index in [9.17, 15) is 9.59 Å². The zero-order valence-corrected chi connectivity index (χ0v) is 7.92. The molecular formula is C11H16O2. The number of carbonyl (C=O) groups is 2. The Kier molecular flexibility index (Phi) is 4.44. The molecule has 0 heterocycles. The van der Waals surface area contributed by atoms with Crippen LogP contribution in [0.4, 0.5) is 0 Å². The Morgan fingerprint density at radius 2 is 1.31 bits per heavy atom. The minimum Gasteiger partial charge on any atom is -0.299 e. The third-order valence-electron chi connectivity index (χ3n) is 2.24. The second-order valence-electron chi connectivity index (χ2n) is 3.51. The van der Waals surface area contributed by atoms with E-state index in [-0.39, 0.29) is 18.0 Å². The van der Waals surface area contributed by atoms with Crippen LogP contribution < -0.4 is 0 Å². The lowest BCUT2D eigenvalue weighted by Crippen LogP contribution is -1.88. The molecular weight excluding hydrogens is 164 g/mol. The van der Waals surface area contributed by atoms with Crippen molar-refractivity contribution in [1.29, 1.82) is 0 Å². The Morgan fingerprint density at radius 3 is 1.46 bits per heavy atom. The first-order chi connectivity index (χ1) is 6.29. The molecule has 0 aliphatic heterocycles. The SMILES string of the molecule is C1=CCCCC1.O=C1CCC(=O)C1. The highest BCUT2D eigenvalue weighted by Gasteiger charge is 2.17. The average molecular weight is 180 g/mol. The normalized spacial score (nSPS) is 21.2. The van der Waals surface area contributed by atoms with Gasteiger partial charge in [0.1, 0.15) is 11.6 Å². The quantitative estimate of drug-likeness (QED) is 0.424. The monoisotopic (exact) mass is 180 g/mol. The van der Waals surface area contributed by atoms with Gasteiger partial charge in [-0.2, -0.15) is 0 Å². The summed E-state index contributed by atoms with van der Waals surface area (Å²) in [5.41, 5.74) is 0. The van der Waals surface area contributed by atoms with Gasteiger partial charge in [0, 0.05) is 12.8 Å². The molecule has 2 heteroatoms. The topological polar surface area (TPSA) is 34.1 Å². The summed E-state index contributed by atoms with van der Waals surface area (Å²) in [6.45, 7) is 0. The summed E-state index contributed by atoms with van der Waals surface area (Å²) in [5.74, 6) is 0.204. The molecule has 0 unspecified atom stereocenters. The van der Waals surface area contributed by atoms with Gasteiger partial charge in [-0.1, -0.05) is 12.2 Å².